The van der Waals surface area contributed by atoms with Gasteiger partial charge >= 0.3 is 6.09 Å². The van der Waals surface area contributed by atoms with E-state index < -0.39 is 23.6 Å². The molecule has 0 bridgehead atoms. The molecular formula is C17H26N4O4. The molecule has 1 fully saturated rings. The average Bonchev–Trinajstić information content (AvgIpc) is 2.88. The van der Waals surface area contributed by atoms with Crippen LogP contribution in [-0.4, -0.2) is 40.3 Å². The zero-order valence-electron chi connectivity index (χ0n) is 15.1. The Morgan fingerprint density at radius 2 is 1.96 bits per heavy atom. The van der Waals surface area contributed by atoms with Crippen molar-refractivity contribution in [2.45, 2.75) is 64.6 Å². The molecule has 8 nitrogen and oxygen atoms in total. The Hall–Kier alpha value is -2.51. The van der Waals surface area contributed by atoms with E-state index in [2.05, 4.69) is 16.1 Å². The summed E-state index contributed by atoms with van der Waals surface area (Å²) in [7, 11) is 0. The van der Waals surface area contributed by atoms with Crippen LogP contribution in [0.3, 0.4) is 0 Å². The molecule has 25 heavy (non-hydrogen) atoms. The van der Waals surface area contributed by atoms with E-state index in [1.807, 2.05) is 0 Å². The van der Waals surface area contributed by atoms with E-state index in [1.165, 1.54) is 11.6 Å². The highest BCUT2D eigenvalue weighted by Crippen LogP contribution is 2.18. The number of amides is 3. The lowest BCUT2D eigenvalue weighted by Gasteiger charge is -2.26. The van der Waals surface area contributed by atoms with Crippen LogP contribution >= 0.6 is 0 Å². The number of carbonyl (C=O) groups excluding carboxylic acids is 3. The van der Waals surface area contributed by atoms with Crippen molar-refractivity contribution in [3.05, 3.63) is 24.0 Å². The van der Waals surface area contributed by atoms with Crippen LogP contribution in [0.5, 0.6) is 0 Å². The first-order chi connectivity index (χ1) is 11.7. The predicted octanol–water partition coefficient (Wildman–Crippen LogP) is 1.75. The summed E-state index contributed by atoms with van der Waals surface area (Å²) < 4.78 is 6.47. The van der Waals surface area contributed by atoms with Crippen LogP contribution < -0.4 is 16.1 Å². The van der Waals surface area contributed by atoms with E-state index >= 15 is 0 Å². The standard InChI is InChI=1S/C17H26N4O4/c1-11(18-16(24)25-17(2,3)4)14(22)20-21-10-6-9-13(21)15(23)19-12-7-5-8-12/h6,9-12H,5,7-8H2,1-4H3,(H,18,24)(H,19,23)(H,20,22)/t11-/m0/s1. The van der Waals surface area contributed by atoms with Crippen molar-refractivity contribution >= 4 is 17.9 Å². The Morgan fingerprint density at radius 1 is 1.28 bits per heavy atom. The van der Waals surface area contributed by atoms with Crippen LogP contribution in [0.1, 0.15) is 57.4 Å². The van der Waals surface area contributed by atoms with Crippen molar-refractivity contribution < 1.29 is 19.1 Å². The highest BCUT2D eigenvalue weighted by Gasteiger charge is 2.24. The number of ether oxygens (including phenoxy) is 1. The van der Waals surface area contributed by atoms with Crippen molar-refractivity contribution in [2.75, 3.05) is 5.43 Å². The molecule has 1 aromatic heterocycles. The summed E-state index contributed by atoms with van der Waals surface area (Å²) in [6.45, 7) is 6.76. The Labute approximate surface area is 147 Å². The molecule has 0 unspecified atom stereocenters. The molecule has 0 spiro atoms. The van der Waals surface area contributed by atoms with Crippen LogP contribution in [0, 0.1) is 0 Å². The largest absolute Gasteiger partial charge is 0.444 e. The highest BCUT2D eigenvalue weighted by molar-refractivity contribution is 5.95. The van der Waals surface area contributed by atoms with Gasteiger partial charge in [0.25, 0.3) is 11.8 Å². The Morgan fingerprint density at radius 3 is 2.52 bits per heavy atom. The zero-order valence-corrected chi connectivity index (χ0v) is 15.1. The second-order valence-corrected chi connectivity index (χ2v) is 7.21. The van der Waals surface area contributed by atoms with E-state index in [0.29, 0.717) is 5.69 Å². The fourth-order valence-corrected chi connectivity index (χ4v) is 2.24. The minimum Gasteiger partial charge on any atom is -0.444 e. The number of alkyl carbamates (subject to hydrolysis) is 1. The number of hydrogen-bond donors (Lipinski definition) is 3. The molecule has 0 radical (unpaired) electrons. The van der Waals surface area contributed by atoms with Gasteiger partial charge in [-0.2, -0.15) is 0 Å². The molecule has 0 saturated heterocycles. The summed E-state index contributed by atoms with van der Waals surface area (Å²) in [4.78, 5) is 36.2. The Kier molecular flexibility index (Phi) is 5.71. The Balaban J connectivity index is 1.90. The van der Waals surface area contributed by atoms with Gasteiger partial charge in [-0.05, 0) is 59.1 Å². The van der Waals surface area contributed by atoms with Gasteiger partial charge in [0.1, 0.15) is 17.3 Å². The number of nitrogens with one attached hydrogen (secondary N) is 3. The molecule has 3 amide bonds. The molecule has 8 heteroatoms. The van der Waals surface area contributed by atoms with Gasteiger partial charge in [-0.3, -0.25) is 19.7 Å². The molecule has 1 atom stereocenters. The van der Waals surface area contributed by atoms with E-state index in [-0.39, 0.29) is 11.9 Å². The fourth-order valence-electron chi connectivity index (χ4n) is 2.24. The zero-order chi connectivity index (χ0) is 18.6. The number of rotatable bonds is 5. The second-order valence-electron chi connectivity index (χ2n) is 7.21. The van der Waals surface area contributed by atoms with Gasteiger partial charge in [0.15, 0.2) is 0 Å². The minimum absolute atomic E-state index is 0.208. The summed E-state index contributed by atoms with van der Waals surface area (Å²) in [5.74, 6) is -0.692. The molecule has 3 N–H and O–H groups in total. The lowest BCUT2D eigenvalue weighted by Crippen LogP contribution is -2.46. The van der Waals surface area contributed by atoms with Crippen LogP contribution in [0.4, 0.5) is 4.79 Å². The molecule has 0 aliphatic heterocycles. The maximum Gasteiger partial charge on any atom is 0.408 e. The molecule has 1 heterocycles. The summed E-state index contributed by atoms with van der Waals surface area (Å²) in [5, 5.41) is 5.38. The molecule has 1 aliphatic carbocycles. The first-order valence-electron chi connectivity index (χ1n) is 8.44. The molecule has 1 saturated carbocycles. The van der Waals surface area contributed by atoms with Gasteiger partial charge in [-0.1, -0.05) is 0 Å². The van der Waals surface area contributed by atoms with Crippen molar-refractivity contribution in [2.24, 2.45) is 0 Å². The van der Waals surface area contributed by atoms with Crippen molar-refractivity contribution in [1.82, 2.24) is 15.3 Å². The van der Waals surface area contributed by atoms with Gasteiger partial charge in [-0.15, -0.1) is 0 Å². The van der Waals surface area contributed by atoms with E-state index in [1.54, 1.807) is 39.1 Å². The molecule has 1 aliphatic rings. The summed E-state index contributed by atoms with van der Waals surface area (Å²) in [6, 6.07) is 2.68. The average molecular weight is 350 g/mol. The van der Waals surface area contributed by atoms with Crippen LogP contribution in [0.25, 0.3) is 0 Å². The maximum atomic E-state index is 12.2. The quantitative estimate of drug-likeness (QED) is 0.753. The van der Waals surface area contributed by atoms with Crippen LogP contribution in [-0.2, 0) is 9.53 Å². The third kappa shape index (κ3) is 5.51. The number of carbonyl (C=O) groups is 3. The summed E-state index contributed by atoms with van der Waals surface area (Å²) in [6.07, 6.45) is 3.99. The van der Waals surface area contributed by atoms with E-state index in [0.717, 1.165) is 19.3 Å². The van der Waals surface area contributed by atoms with Gasteiger partial charge in [-0.25, -0.2) is 4.79 Å². The van der Waals surface area contributed by atoms with Gasteiger partial charge < -0.3 is 15.4 Å². The smallest absolute Gasteiger partial charge is 0.408 e. The van der Waals surface area contributed by atoms with Gasteiger partial charge in [0.2, 0.25) is 0 Å². The molecular weight excluding hydrogens is 324 g/mol. The molecule has 0 aromatic carbocycles. The second kappa shape index (κ2) is 7.58. The minimum atomic E-state index is -0.820. The van der Waals surface area contributed by atoms with Crippen molar-refractivity contribution in [3.8, 4) is 0 Å². The number of aromatic nitrogens is 1. The normalized spacial score (nSPS) is 15.7. The maximum absolute atomic E-state index is 12.2. The summed E-state index contributed by atoms with van der Waals surface area (Å²) >= 11 is 0. The third-order valence-electron chi connectivity index (χ3n) is 3.78. The molecule has 1 aromatic rings. The van der Waals surface area contributed by atoms with Crippen LogP contribution in [0.15, 0.2) is 18.3 Å². The van der Waals surface area contributed by atoms with Gasteiger partial charge in [0.05, 0.1) is 0 Å². The fraction of sp³-hybridized carbons (Fsp3) is 0.588. The SMILES string of the molecule is C[C@H](NC(=O)OC(C)(C)C)C(=O)Nn1cccc1C(=O)NC1CCC1. The number of nitrogens with zero attached hydrogens (tertiary/aromatic N) is 1. The van der Waals surface area contributed by atoms with Crippen LogP contribution in [0.2, 0.25) is 0 Å². The first-order valence-corrected chi connectivity index (χ1v) is 8.44. The molecule has 138 valence electrons. The topological polar surface area (TPSA) is 101 Å². The first kappa shape index (κ1) is 18.8. The van der Waals surface area contributed by atoms with E-state index in [4.69, 9.17) is 4.74 Å². The van der Waals surface area contributed by atoms with Gasteiger partial charge in [0, 0.05) is 12.2 Å². The number of hydrogen-bond acceptors (Lipinski definition) is 4. The van der Waals surface area contributed by atoms with Crippen molar-refractivity contribution in [1.29, 1.82) is 0 Å². The van der Waals surface area contributed by atoms with Crippen molar-refractivity contribution in [3.63, 3.8) is 0 Å². The lowest BCUT2D eigenvalue weighted by molar-refractivity contribution is -0.118. The summed E-state index contributed by atoms with van der Waals surface area (Å²) in [5.41, 5.74) is 2.29. The molecule has 2 rings (SSSR count). The third-order valence-corrected chi connectivity index (χ3v) is 3.78. The predicted molar refractivity (Wildman–Crippen MR) is 92.7 cm³/mol. The highest BCUT2D eigenvalue weighted by atomic mass is 16.6. The Bertz CT molecular complexity index is 643. The monoisotopic (exact) mass is 350 g/mol. The lowest BCUT2D eigenvalue weighted by atomic mass is 9.93. The van der Waals surface area contributed by atoms with E-state index in [9.17, 15) is 14.4 Å².